The smallest absolute Gasteiger partial charge is 0.286 e. The molecule has 1 aliphatic rings. The first-order chi connectivity index (χ1) is 10.5. The van der Waals surface area contributed by atoms with Gasteiger partial charge in [-0.3, -0.25) is 20.4 Å². The lowest BCUT2D eigenvalue weighted by molar-refractivity contribution is -0.130. The highest BCUT2D eigenvalue weighted by molar-refractivity contribution is 5.99. The van der Waals surface area contributed by atoms with Crippen LogP contribution in [0.5, 0.6) is 0 Å². The van der Waals surface area contributed by atoms with Crippen LogP contribution in [0.4, 0.5) is 0 Å². The maximum Gasteiger partial charge on any atom is 0.286 e. The molecular weight excluding hydrogens is 282 g/mol. The number of rotatable bonds is 2. The first-order valence-electron chi connectivity index (χ1n) is 7.36. The Morgan fingerprint density at radius 3 is 2.77 bits per heavy atom. The van der Waals surface area contributed by atoms with Crippen LogP contribution in [0.3, 0.4) is 0 Å². The highest BCUT2D eigenvalue weighted by Gasteiger charge is 2.24. The lowest BCUT2D eigenvalue weighted by Gasteiger charge is -2.10. The van der Waals surface area contributed by atoms with Crippen LogP contribution in [0.2, 0.25) is 0 Å². The van der Waals surface area contributed by atoms with Crippen molar-refractivity contribution >= 4 is 22.7 Å². The topological polar surface area (TPSA) is 83.2 Å². The molecule has 1 unspecified atom stereocenters. The van der Waals surface area contributed by atoms with Gasteiger partial charge >= 0.3 is 0 Å². The fourth-order valence-corrected chi connectivity index (χ4v) is 2.77. The fourth-order valence-electron chi connectivity index (χ4n) is 2.77. The lowest BCUT2D eigenvalue weighted by atomic mass is 10.1. The van der Waals surface area contributed by atoms with Gasteiger partial charge in [0.05, 0.1) is 0 Å². The van der Waals surface area contributed by atoms with Gasteiger partial charge in [0.15, 0.2) is 0 Å². The summed E-state index contributed by atoms with van der Waals surface area (Å²) >= 11 is 0. The van der Waals surface area contributed by atoms with Crippen molar-refractivity contribution in [1.82, 2.24) is 15.8 Å². The van der Waals surface area contributed by atoms with Gasteiger partial charge in [-0.05, 0) is 49.9 Å². The molecule has 1 saturated heterocycles. The van der Waals surface area contributed by atoms with Crippen molar-refractivity contribution in [3.63, 3.8) is 0 Å². The number of amides is 2. The van der Waals surface area contributed by atoms with E-state index in [0.29, 0.717) is 18.7 Å². The fraction of sp³-hybridized carbons (Fsp3) is 0.375. The van der Waals surface area contributed by atoms with E-state index in [-0.39, 0.29) is 11.8 Å². The zero-order valence-electron chi connectivity index (χ0n) is 12.7. The summed E-state index contributed by atoms with van der Waals surface area (Å²) in [5.41, 5.74) is 8.39. The second-order valence-corrected chi connectivity index (χ2v) is 5.67. The van der Waals surface area contributed by atoms with Crippen LogP contribution >= 0.6 is 0 Å². The summed E-state index contributed by atoms with van der Waals surface area (Å²) in [5, 5.41) is 1.00. The van der Waals surface area contributed by atoms with Gasteiger partial charge < -0.3 is 9.72 Å². The molecule has 3 N–H and O–H groups in total. The first kappa shape index (κ1) is 14.6. The predicted molar refractivity (Wildman–Crippen MR) is 82.4 cm³/mol. The third-order valence-corrected chi connectivity index (χ3v) is 3.86. The van der Waals surface area contributed by atoms with E-state index in [1.165, 1.54) is 0 Å². The molecule has 0 saturated carbocycles. The third-order valence-electron chi connectivity index (χ3n) is 3.86. The number of nitrogens with one attached hydrogen (secondary N) is 3. The number of aromatic nitrogens is 1. The molecule has 1 fully saturated rings. The van der Waals surface area contributed by atoms with E-state index < -0.39 is 6.10 Å². The minimum absolute atomic E-state index is 0.311. The number of fused-ring (bicyclic) bond motifs is 1. The van der Waals surface area contributed by atoms with Crippen LogP contribution in [0.15, 0.2) is 18.2 Å². The van der Waals surface area contributed by atoms with Gasteiger partial charge in [-0.15, -0.1) is 0 Å². The number of H-pyrrole nitrogens is 1. The van der Waals surface area contributed by atoms with E-state index >= 15 is 0 Å². The molecule has 1 atom stereocenters. The molecular formula is C16H19N3O3. The Labute approximate surface area is 128 Å². The molecule has 3 rings (SSSR count). The molecule has 6 heteroatoms. The van der Waals surface area contributed by atoms with Crippen molar-refractivity contribution in [3.8, 4) is 0 Å². The number of carbonyl (C=O) groups is 2. The van der Waals surface area contributed by atoms with Crippen molar-refractivity contribution in [3.05, 3.63) is 35.0 Å². The van der Waals surface area contributed by atoms with Gasteiger partial charge in [0, 0.05) is 17.5 Å². The Hall–Kier alpha value is -2.34. The van der Waals surface area contributed by atoms with Gasteiger partial charge in [0.2, 0.25) is 0 Å². The highest BCUT2D eigenvalue weighted by Crippen LogP contribution is 2.21. The Balaban J connectivity index is 1.69. The van der Waals surface area contributed by atoms with E-state index in [9.17, 15) is 9.59 Å². The number of aryl methyl sites for hydroxylation is 2. The Morgan fingerprint density at radius 2 is 2.05 bits per heavy atom. The molecule has 116 valence electrons. The van der Waals surface area contributed by atoms with Crippen molar-refractivity contribution in [1.29, 1.82) is 0 Å². The van der Waals surface area contributed by atoms with Crippen LogP contribution in [0.1, 0.15) is 34.5 Å². The maximum absolute atomic E-state index is 12.1. The predicted octanol–water partition coefficient (Wildman–Crippen LogP) is 1.72. The molecule has 1 aromatic carbocycles. The Kier molecular flexibility index (Phi) is 3.85. The summed E-state index contributed by atoms with van der Waals surface area (Å²) in [6, 6.07) is 5.85. The number of hydrogen-bond acceptors (Lipinski definition) is 3. The molecule has 1 aromatic heterocycles. The SMILES string of the molecule is Cc1cc(C)c2cc(C(=O)NNC(=O)C3CCCO3)[nH]c2c1. The minimum Gasteiger partial charge on any atom is -0.368 e. The summed E-state index contributed by atoms with van der Waals surface area (Å²) in [4.78, 5) is 27.0. The van der Waals surface area contributed by atoms with Gasteiger partial charge in [0.25, 0.3) is 11.8 Å². The van der Waals surface area contributed by atoms with Crippen molar-refractivity contribution in [2.24, 2.45) is 0 Å². The van der Waals surface area contributed by atoms with E-state index in [0.717, 1.165) is 28.5 Å². The second kappa shape index (κ2) is 5.81. The van der Waals surface area contributed by atoms with Gasteiger partial charge in [-0.2, -0.15) is 0 Å². The highest BCUT2D eigenvalue weighted by atomic mass is 16.5. The summed E-state index contributed by atoms with van der Waals surface area (Å²) in [5.74, 6) is -0.686. The maximum atomic E-state index is 12.1. The van der Waals surface area contributed by atoms with Gasteiger partial charge in [-0.1, -0.05) is 6.07 Å². The molecule has 2 amide bonds. The minimum atomic E-state index is -0.465. The van der Waals surface area contributed by atoms with E-state index in [4.69, 9.17) is 4.74 Å². The number of ether oxygens (including phenoxy) is 1. The molecule has 2 heterocycles. The molecule has 2 aromatic rings. The number of hydrazine groups is 1. The molecule has 22 heavy (non-hydrogen) atoms. The molecule has 6 nitrogen and oxygen atoms in total. The van der Waals surface area contributed by atoms with E-state index in [1.54, 1.807) is 6.07 Å². The average molecular weight is 301 g/mol. The van der Waals surface area contributed by atoms with Crippen LogP contribution < -0.4 is 10.9 Å². The molecule has 0 bridgehead atoms. The largest absolute Gasteiger partial charge is 0.368 e. The summed E-state index contributed by atoms with van der Waals surface area (Å²) < 4.78 is 5.26. The van der Waals surface area contributed by atoms with Gasteiger partial charge in [0.1, 0.15) is 11.8 Å². The Morgan fingerprint density at radius 1 is 1.23 bits per heavy atom. The average Bonchev–Trinajstić information content (AvgIpc) is 3.13. The van der Waals surface area contributed by atoms with E-state index in [1.807, 2.05) is 19.9 Å². The molecule has 0 spiro atoms. The van der Waals surface area contributed by atoms with Crippen molar-refractivity contribution < 1.29 is 14.3 Å². The second-order valence-electron chi connectivity index (χ2n) is 5.67. The number of aromatic amines is 1. The summed E-state index contributed by atoms with van der Waals surface area (Å²) in [6.45, 7) is 4.60. The number of benzene rings is 1. The quantitative estimate of drug-likeness (QED) is 0.739. The number of carbonyl (C=O) groups excluding carboxylic acids is 2. The number of hydrogen-bond donors (Lipinski definition) is 3. The van der Waals surface area contributed by atoms with Crippen LogP contribution in [0.25, 0.3) is 10.9 Å². The van der Waals surface area contributed by atoms with Crippen molar-refractivity contribution in [2.75, 3.05) is 6.61 Å². The van der Waals surface area contributed by atoms with E-state index in [2.05, 4.69) is 21.9 Å². The zero-order valence-corrected chi connectivity index (χ0v) is 12.7. The standard InChI is InChI=1S/C16H19N3O3/c1-9-6-10(2)11-8-13(17-12(11)7-9)15(20)18-19-16(21)14-4-3-5-22-14/h6-8,14,17H,3-5H2,1-2H3,(H,18,20)(H,19,21). The first-order valence-corrected chi connectivity index (χ1v) is 7.36. The Bertz CT molecular complexity index is 730. The van der Waals surface area contributed by atoms with Crippen LogP contribution in [0, 0.1) is 13.8 Å². The lowest BCUT2D eigenvalue weighted by Crippen LogP contribution is -2.46. The molecule has 0 aliphatic carbocycles. The zero-order chi connectivity index (χ0) is 15.7. The van der Waals surface area contributed by atoms with Crippen LogP contribution in [-0.2, 0) is 9.53 Å². The monoisotopic (exact) mass is 301 g/mol. The normalized spacial score (nSPS) is 17.6. The van der Waals surface area contributed by atoms with Crippen molar-refractivity contribution in [2.45, 2.75) is 32.8 Å². The summed E-state index contributed by atoms with van der Waals surface area (Å²) in [7, 11) is 0. The van der Waals surface area contributed by atoms with Crippen LogP contribution in [-0.4, -0.2) is 29.5 Å². The molecule has 0 radical (unpaired) electrons. The van der Waals surface area contributed by atoms with Gasteiger partial charge in [-0.25, -0.2) is 0 Å². The molecule has 1 aliphatic heterocycles. The third kappa shape index (κ3) is 2.82. The summed E-state index contributed by atoms with van der Waals surface area (Å²) in [6.07, 6.45) is 1.09.